The van der Waals surface area contributed by atoms with E-state index < -0.39 is 0 Å². The molecule has 0 bridgehead atoms. The van der Waals surface area contributed by atoms with Crippen LogP contribution in [0.25, 0.3) is 0 Å². The number of urea groups is 1. The lowest BCUT2D eigenvalue weighted by Gasteiger charge is -2.33. The van der Waals surface area contributed by atoms with Gasteiger partial charge in [-0.05, 0) is 53.6 Å². The number of rotatable bonds is 3. The number of nitrogens with zero attached hydrogens (tertiary/aromatic N) is 1. The maximum Gasteiger partial charge on any atom is 0.321 e. The van der Waals surface area contributed by atoms with Crippen molar-refractivity contribution in [1.82, 2.24) is 10.2 Å². The molecule has 0 aliphatic carbocycles. The molecule has 1 aliphatic rings. The molecular formula is C15H20IN3O2. The molecule has 3 amide bonds. The van der Waals surface area contributed by atoms with Crippen LogP contribution in [0.15, 0.2) is 24.3 Å². The first kappa shape index (κ1) is 16.1. The second kappa shape index (κ2) is 7.63. The zero-order chi connectivity index (χ0) is 15.2. The Morgan fingerprint density at radius 3 is 2.95 bits per heavy atom. The lowest BCUT2D eigenvalue weighted by Crippen LogP contribution is -2.50. The van der Waals surface area contributed by atoms with Crippen LogP contribution in [0.3, 0.4) is 0 Å². The van der Waals surface area contributed by atoms with Crippen molar-refractivity contribution in [2.45, 2.75) is 32.2 Å². The first-order valence-electron chi connectivity index (χ1n) is 7.19. The molecule has 21 heavy (non-hydrogen) atoms. The van der Waals surface area contributed by atoms with Crippen LogP contribution in [0.1, 0.15) is 26.2 Å². The van der Waals surface area contributed by atoms with Gasteiger partial charge >= 0.3 is 6.03 Å². The van der Waals surface area contributed by atoms with Crippen molar-refractivity contribution in [1.29, 1.82) is 0 Å². The smallest absolute Gasteiger partial charge is 0.321 e. The fraction of sp³-hybridized carbons (Fsp3) is 0.467. The molecule has 2 N–H and O–H groups in total. The summed E-state index contributed by atoms with van der Waals surface area (Å²) in [4.78, 5) is 25.5. The molecule has 114 valence electrons. The van der Waals surface area contributed by atoms with Crippen molar-refractivity contribution < 1.29 is 9.59 Å². The average Bonchev–Trinajstić information content (AvgIpc) is 2.47. The summed E-state index contributed by atoms with van der Waals surface area (Å²) in [6.45, 7) is 3.13. The topological polar surface area (TPSA) is 61.4 Å². The summed E-state index contributed by atoms with van der Waals surface area (Å²) in [5.41, 5.74) is 0.798. The summed E-state index contributed by atoms with van der Waals surface area (Å²) >= 11 is 2.21. The van der Waals surface area contributed by atoms with Gasteiger partial charge in [0, 0.05) is 34.8 Å². The number of piperidine rings is 1. The number of nitrogens with one attached hydrogen (secondary N) is 2. The number of likely N-dealkylation sites (tertiary alicyclic amines) is 1. The third-order valence-electron chi connectivity index (χ3n) is 3.47. The number of halogens is 1. The summed E-state index contributed by atoms with van der Waals surface area (Å²) in [5, 5.41) is 5.87. The molecule has 1 aromatic rings. The molecule has 5 nitrogen and oxygen atoms in total. The van der Waals surface area contributed by atoms with Crippen LogP contribution < -0.4 is 10.6 Å². The van der Waals surface area contributed by atoms with Crippen LogP contribution in [0, 0.1) is 3.57 Å². The van der Waals surface area contributed by atoms with Crippen molar-refractivity contribution in [2.24, 2.45) is 0 Å². The zero-order valence-corrected chi connectivity index (χ0v) is 14.2. The van der Waals surface area contributed by atoms with Crippen molar-refractivity contribution in [3.63, 3.8) is 0 Å². The number of hydrogen-bond acceptors (Lipinski definition) is 2. The lowest BCUT2D eigenvalue weighted by atomic mass is 10.1. The molecule has 1 aliphatic heterocycles. The maximum atomic E-state index is 12.3. The van der Waals surface area contributed by atoms with Crippen LogP contribution in [0.2, 0.25) is 0 Å². The molecule has 1 atom stereocenters. The van der Waals surface area contributed by atoms with Crippen LogP contribution >= 0.6 is 22.6 Å². The van der Waals surface area contributed by atoms with Crippen molar-refractivity contribution in [2.75, 3.05) is 18.4 Å². The van der Waals surface area contributed by atoms with E-state index in [4.69, 9.17) is 0 Å². The molecule has 1 unspecified atom stereocenters. The van der Waals surface area contributed by atoms with Crippen molar-refractivity contribution >= 4 is 40.2 Å². The fourth-order valence-corrected chi connectivity index (χ4v) is 2.92. The monoisotopic (exact) mass is 401 g/mol. The van der Waals surface area contributed by atoms with Gasteiger partial charge in [-0.1, -0.05) is 13.0 Å². The Bertz CT molecular complexity index is 521. The average molecular weight is 401 g/mol. The highest BCUT2D eigenvalue weighted by Gasteiger charge is 2.24. The minimum absolute atomic E-state index is 0.0415. The lowest BCUT2D eigenvalue weighted by molar-refractivity contribution is -0.121. The van der Waals surface area contributed by atoms with Crippen LogP contribution in [-0.2, 0) is 4.79 Å². The fourth-order valence-electron chi connectivity index (χ4n) is 2.38. The van der Waals surface area contributed by atoms with E-state index in [1.807, 2.05) is 31.2 Å². The van der Waals surface area contributed by atoms with Crippen molar-refractivity contribution in [3.8, 4) is 0 Å². The predicted octanol–water partition coefficient (Wildman–Crippen LogP) is 2.81. The SMILES string of the molecule is CCC(=O)NC1CCCN(C(=O)Nc2cccc(I)c2)C1. The van der Waals surface area contributed by atoms with Gasteiger partial charge in [0.2, 0.25) is 5.91 Å². The molecule has 1 aromatic carbocycles. The maximum absolute atomic E-state index is 12.3. The first-order chi connectivity index (χ1) is 10.1. The number of anilines is 1. The van der Waals surface area contributed by atoms with E-state index in [-0.39, 0.29) is 18.0 Å². The Morgan fingerprint density at radius 1 is 1.43 bits per heavy atom. The van der Waals surface area contributed by atoms with Crippen LogP contribution in [0.4, 0.5) is 10.5 Å². The van der Waals surface area contributed by atoms with Gasteiger partial charge in [0.25, 0.3) is 0 Å². The van der Waals surface area contributed by atoms with Gasteiger partial charge in [-0.2, -0.15) is 0 Å². The van der Waals surface area contributed by atoms with Crippen molar-refractivity contribution in [3.05, 3.63) is 27.8 Å². The second-order valence-electron chi connectivity index (χ2n) is 5.15. The van der Waals surface area contributed by atoms with E-state index >= 15 is 0 Å². The Hall–Kier alpha value is -1.31. The molecular weight excluding hydrogens is 381 g/mol. The number of carbonyl (C=O) groups is 2. The molecule has 0 saturated carbocycles. The van der Waals surface area contributed by atoms with Crippen LogP contribution in [-0.4, -0.2) is 36.0 Å². The quantitative estimate of drug-likeness (QED) is 0.766. The minimum Gasteiger partial charge on any atom is -0.352 e. The molecule has 1 fully saturated rings. The van der Waals surface area contributed by atoms with Gasteiger partial charge < -0.3 is 15.5 Å². The largest absolute Gasteiger partial charge is 0.352 e. The Labute approximate surface area is 138 Å². The Kier molecular flexibility index (Phi) is 5.84. The number of benzene rings is 1. The Balaban J connectivity index is 1.91. The highest BCUT2D eigenvalue weighted by Crippen LogP contribution is 2.15. The number of amides is 3. The third-order valence-corrected chi connectivity index (χ3v) is 4.14. The van der Waals surface area contributed by atoms with E-state index in [0.29, 0.717) is 13.0 Å². The normalized spacial score (nSPS) is 18.2. The summed E-state index contributed by atoms with van der Waals surface area (Å²) in [6.07, 6.45) is 2.32. The molecule has 0 spiro atoms. The highest BCUT2D eigenvalue weighted by molar-refractivity contribution is 14.1. The van der Waals surface area contributed by atoms with Gasteiger partial charge in [0.15, 0.2) is 0 Å². The van der Waals surface area contributed by atoms with E-state index in [1.54, 1.807) is 4.90 Å². The second-order valence-corrected chi connectivity index (χ2v) is 6.39. The molecule has 1 heterocycles. The van der Waals surface area contributed by atoms with E-state index in [2.05, 4.69) is 33.2 Å². The van der Waals surface area contributed by atoms with E-state index in [1.165, 1.54) is 0 Å². The van der Waals surface area contributed by atoms with Gasteiger partial charge in [0.1, 0.15) is 0 Å². The zero-order valence-electron chi connectivity index (χ0n) is 12.1. The van der Waals surface area contributed by atoms with Gasteiger partial charge in [-0.3, -0.25) is 4.79 Å². The van der Waals surface area contributed by atoms with Gasteiger partial charge in [-0.25, -0.2) is 4.79 Å². The standard InChI is InChI=1S/C15H20IN3O2/c1-2-14(20)17-13-7-4-8-19(10-13)15(21)18-12-6-3-5-11(16)9-12/h3,5-6,9,13H,2,4,7-8,10H2,1H3,(H,17,20)(H,18,21). The molecule has 6 heteroatoms. The van der Waals surface area contributed by atoms with Gasteiger partial charge in [0.05, 0.1) is 0 Å². The molecule has 0 aromatic heterocycles. The Morgan fingerprint density at radius 2 is 2.24 bits per heavy atom. The summed E-state index contributed by atoms with van der Waals surface area (Å²) < 4.78 is 1.08. The minimum atomic E-state index is -0.104. The summed E-state index contributed by atoms with van der Waals surface area (Å²) in [5.74, 6) is 0.0415. The number of carbonyl (C=O) groups excluding carboxylic acids is 2. The first-order valence-corrected chi connectivity index (χ1v) is 8.27. The third kappa shape index (κ3) is 4.87. The van der Waals surface area contributed by atoms with Gasteiger partial charge in [-0.15, -0.1) is 0 Å². The van der Waals surface area contributed by atoms with E-state index in [9.17, 15) is 9.59 Å². The predicted molar refractivity (Wildman–Crippen MR) is 91.2 cm³/mol. The van der Waals surface area contributed by atoms with Crippen LogP contribution in [0.5, 0.6) is 0 Å². The summed E-state index contributed by atoms with van der Waals surface area (Å²) in [6, 6.07) is 7.66. The number of hydrogen-bond donors (Lipinski definition) is 2. The molecule has 0 radical (unpaired) electrons. The molecule has 1 saturated heterocycles. The molecule has 2 rings (SSSR count). The van der Waals surface area contributed by atoms with E-state index in [0.717, 1.165) is 28.6 Å². The highest BCUT2D eigenvalue weighted by atomic mass is 127. The summed E-state index contributed by atoms with van der Waals surface area (Å²) in [7, 11) is 0.